The number of ether oxygens (including phenoxy) is 4. The summed E-state index contributed by atoms with van der Waals surface area (Å²) in [6, 6.07) is 17.7. The molecule has 0 aliphatic carbocycles. The Kier molecular flexibility index (Phi) is 11.0. The number of hydrogen-bond donors (Lipinski definition) is 8. The van der Waals surface area contributed by atoms with Crippen molar-refractivity contribution in [1.29, 1.82) is 5.41 Å². The van der Waals surface area contributed by atoms with Gasteiger partial charge in [-0.3, -0.25) is 10.2 Å². The monoisotopic (exact) mass is 610 g/mol. The van der Waals surface area contributed by atoms with Crippen molar-refractivity contribution in [2.75, 3.05) is 32.7 Å². The average Bonchev–Trinajstić information content (AvgIpc) is 3.04. The van der Waals surface area contributed by atoms with Crippen LogP contribution in [0.2, 0.25) is 0 Å². The van der Waals surface area contributed by atoms with Gasteiger partial charge in [-0.1, -0.05) is 36.4 Å². The largest absolute Gasteiger partial charge is 0.493 e. The fraction of sp³-hybridized carbons (Fsp3) is 0.355. The third-order valence-corrected chi connectivity index (χ3v) is 7.23. The topological polar surface area (TPSA) is 209 Å². The highest BCUT2D eigenvalue weighted by Crippen LogP contribution is 2.32. The van der Waals surface area contributed by atoms with E-state index in [1.807, 2.05) is 12.1 Å². The summed E-state index contributed by atoms with van der Waals surface area (Å²) in [4.78, 5) is 13.8. The Morgan fingerprint density at radius 1 is 0.955 bits per heavy atom. The number of carbonyl (C=O) groups is 1. The van der Waals surface area contributed by atoms with Crippen molar-refractivity contribution in [3.63, 3.8) is 0 Å². The van der Waals surface area contributed by atoms with Gasteiger partial charge in [-0.05, 0) is 42.3 Å². The van der Waals surface area contributed by atoms with E-state index in [4.69, 9.17) is 30.1 Å². The van der Waals surface area contributed by atoms with E-state index >= 15 is 0 Å². The molecule has 1 heterocycles. The molecule has 1 amide bonds. The number of benzene rings is 3. The molecule has 4 rings (SSSR count). The molecule has 13 nitrogen and oxygen atoms in total. The molecular weight excluding hydrogens is 572 g/mol. The van der Waals surface area contributed by atoms with Gasteiger partial charge in [-0.25, -0.2) is 0 Å². The standard InChI is InChI=1S/C31H38N4O9/c1-41-22-11-10-17(14-23(22)42-2)12-13-34-30(40)25(35-19-7-5-6-18(15-19)29(32)33)20-8-3-4-9-21(20)43-31-28(39)27(38)26(37)24(16-36)44-31/h3-11,14-15,24-28,31,35-39H,12-13,16H2,1-2H3,(H3,32,33)(H,34,40). The molecule has 6 atom stereocenters. The first-order valence-electron chi connectivity index (χ1n) is 13.9. The Hall–Kier alpha value is -4.40. The minimum Gasteiger partial charge on any atom is -0.493 e. The lowest BCUT2D eigenvalue weighted by Gasteiger charge is -2.39. The summed E-state index contributed by atoms with van der Waals surface area (Å²) in [5.74, 6) is 0.750. The van der Waals surface area contributed by atoms with Gasteiger partial charge in [0.05, 0.1) is 20.8 Å². The van der Waals surface area contributed by atoms with Crippen molar-refractivity contribution in [2.24, 2.45) is 5.73 Å². The van der Waals surface area contributed by atoms with Gasteiger partial charge in [0.1, 0.15) is 42.0 Å². The molecule has 1 aliphatic rings. The molecule has 9 N–H and O–H groups in total. The van der Waals surface area contributed by atoms with Crippen LogP contribution in [0.1, 0.15) is 22.7 Å². The molecule has 3 aromatic rings. The van der Waals surface area contributed by atoms with Crippen molar-refractivity contribution < 1.29 is 44.2 Å². The number of amides is 1. The molecule has 1 fully saturated rings. The average molecular weight is 611 g/mol. The van der Waals surface area contributed by atoms with Crippen LogP contribution in [0.3, 0.4) is 0 Å². The van der Waals surface area contributed by atoms with Gasteiger partial charge in [-0.15, -0.1) is 0 Å². The van der Waals surface area contributed by atoms with Crippen molar-refractivity contribution in [3.8, 4) is 17.2 Å². The van der Waals surface area contributed by atoms with Crippen molar-refractivity contribution >= 4 is 17.4 Å². The number of para-hydroxylation sites is 1. The van der Waals surface area contributed by atoms with E-state index in [0.717, 1.165) is 5.56 Å². The fourth-order valence-electron chi connectivity index (χ4n) is 4.81. The third-order valence-electron chi connectivity index (χ3n) is 7.23. The highest BCUT2D eigenvalue weighted by atomic mass is 16.7. The molecule has 0 radical (unpaired) electrons. The predicted molar refractivity (Wildman–Crippen MR) is 161 cm³/mol. The van der Waals surface area contributed by atoms with Gasteiger partial charge < -0.3 is 55.7 Å². The quantitative estimate of drug-likeness (QED) is 0.0997. The molecule has 6 unspecified atom stereocenters. The number of nitrogen functional groups attached to an aromatic ring is 1. The maximum atomic E-state index is 13.8. The van der Waals surface area contributed by atoms with E-state index in [2.05, 4.69) is 10.6 Å². The van der Waals surface area contributed by atoms with E-state index in [9.17, 15) is 25.2 Å². The Bertz CT molecular complexity index is 1440. The summed E-state index contributed by atoms with van der Waals surface area (Å²) >= 11 is 0. The summed E-state index contributed by atoms with van der Waals surface area (Å²) in [6.45, 7) is -0.346. The Morgan fingerprint density at radius 2 is 1.70 bits per heavy atom. The molecule has 1 aliphatic heterocycles. The smallest absolute Gasteiger partial charge is 0.247 e. The zero-order chi connectivity index (χ0) is 31.8. The molecule has 13 heteroatoms. The molecule has 0 spiro atoms. The Morgan fingerprint density at radius 3 is 2.41 bits per heavy atom. The summed E-state index contributed by atoms with van der Waals surface area (Å²) < 4.78 is 22.1. The van der Waals surface area contributed by atoms with Gasteiger partial charge in [-0.2, -0.15) is 0 Å². The lowest BCUT2D eigenvalue weighted by atomic mass is 9.99. The molecule has 3 aromatic carbocycles. The van der Waals surface area contributed by atoms with Crippen LogP contribution in [0, 0.1) is 5.41 Å². The predicted octanol–water partition coefficient (Wildman–Crippen LogP) is 0.679. The second kappa shape index (κ2) is 14.9. The van der Waals surface area contributed by atoms with Crippen LogP contribution >= 0.6 is 0 Å². The number of anilines is 1. The molecule has 236 valence electrons. The van der Waals surface area contributed by atoms with Crippen molar-refractivity contribution in [3.05, 3.63) is 83.4 Å². The Balaban J connectivity index is 1.60. The minimum atomic E-state index is -1.64. The SMILES string of the molecule is COc1ccc(CCNC(=O)C(Nc2cccc(C(=N)N)c2)c2ccccc2OC2OC(CO)C(O)C(O)C2O)cc1OC. The zero-order valence-corrected chi connectivity index (χ0v) is 24.3. The van der Waals surface area contributed by atoms with Crippen LogP contribution in [0.5, 0.6) is 17.2 Å². The first-order valence-corrected chi connectivity index (χ1v) is 13.9. The summed E-state index contributed by atoms with van der Waals surface area (Å²) in [5.41, 5.74) is 7.90. The number of aliphatic hydroxyl groups is 4. The van der Waals surface area contributed by atoms with Gasteiger partial charge >= 0.3 is 0 Å². The van der Waals surface area contributed by atoms with E-state index < -0.39 is 49.3 Å². The number of aliphatic hydroxyl groups excluding tert-OH is 4. The third kappa shape index (κ3) is 7.56. The lowest BCUT2D eigenvalue weighted by Crippen LogP contribution is -2.60. The molecule has 0 saturated carbocycles. The van der Waals surface area contributed by atoms with E-state index in [-0.39, 0.29) is 18.1 Å². The van der Waals surface area contributed by atoms with Gasteiger partial charge in [0.15, 0.2) is 11.5 Å². The van der Waals surface area contributed by atoms with E-state index in [0.29, 0.717) is 34.7 Å². The van der Waals surface area contributed by atoms with Gasteiger partial charge in [0, 0.05) is 23.4 Å². The lowest BCUT2D eigenvalue weighted by molar-refractivity contribution is -0.277. The summed E-state index contributed by atoms with van der Waals surface area (Å²) in [6.07, 6.45) is -6.97. The zero-order valence-electron chi connectivity index (χ0n) is 24.3. The number of carbonyl (C=O) groups excluding carboxylic acids is 1. The molecule has 0 bridgehead atoms. The van der Waals surface area contributed by atoms with Crippen LogP contribution < -0.4 is 30.6 Å². The van der Waals surface area contributed by atoms with Crippen molar-refractivity contribution in [1.82, 2.24) is 5.32 Å². The number of methoxy groups -OCH3 is 2. The van der Waals surface area contributed by atoms with E-state index in [1.165, 1.54) is 0 Å². The van der Waals surface area contributed by atoms with Crippen LogP contribution in [0.15, 0.2) is 66.7 Å². The first-order chi connectivity index (χ1) is 21.2. The fourth-order valence-corrected chi connectivity index (χ4v) is 4.81. The Labute approximate surface area is 254 Å². The summed E-state index contributed by atoms with van der Waals surface area (Å²) in [7, 11) is 3.10. The number of rotatable bonds is 13. The molecule has 1 saturated heterocycles. The van der Waals surface area contributed by atoms with Crippen LogP contribution in [-0.4, -0.2) is 90.2 Å². The molecule has 0 aromatic heterocycles. The number of amidine groups is 1. The number of nitrogens with two attached hydrogens (primary N) is 1. The van der Waals surface area contributed by atoms with Gasteiger partial charge in [0.25, 0.3) is 0 Å². The van der Waals surface area contributed by atoms with Crippen molar-refractivity contribution in [2.45, 2.75) is 43.2 Å². The molecular formula is C31H38N4O9. The number of nitrogens with one attached hydrogen (secondary N) is 3. The normalized spacial score (nSPS) is 22.0. The van der Waals surface area contributed by atoms with Crippen LogP contribution in [0.4, 0.5) is 5.69 Å². The maximum Gasteiger partial charge on any atom is 0.247 e. The highest BCUT2D eigenvalue weighted by molar-refractivity contribution is 5.96. The molecule has 44 heavy (non-hydrogen) atoms. The first kappa shape index (κ1) is 32.5. The van der Waals surface area contributed by atoms with Gasteiger partial charge in [0.2, 0.25) is 12.2 Å². The number of hydrogen-bond acceptors (Lipinski definition) is 11. The second-order valence-corrected chi connectivity index (χ2v) is 10.2. The maximum absolute atomic E-state index is 13.8. The van der Waals surface area contributed by atoms with Crippen LogP contribution in [-0.2, 0) is 16.0 Å². The second-order valence-electron chi connectivity index (χ2n) is 10.2. The van der Waals surface area contributed by atoms with Crippen LogP contribution in [0.25, 0.3) is 0 Å². The minimum absolute atomic E-state index is 0.143. The highest BCUT2D eigenvalue weighted by Gasteiger charge is 2.45. The van der Waals surface area contributed by atoms with E-state index in [1.54, 1.807) is 68.8 Å². The summed E-state index contributed by atoms with van der Waals surface area (Å²) in [5, 5.41) is 54.4.